The number of carbonyl (C=O) groups excluding carboxylic acids is 1. The van der Waals surface area contributed by atoms with Gasteiger partial charge in [0.05, 0.1) is 12.7 Å². The second-order valence-corrected chi connectivity index (χ2v) is 5.67. The molecule has 1 heterocycles. The fourth-order valence-corrected chi connectivity index (χ4v) is 2.38. The average Bonchev–Trinajstić information content (AvgIpc) is 3.09. The quantitative estimate of drug-likeness (QED) is 0.615. The molecule has 0 fully saturated rings. The fraction of sp³-hybridized carbons (Fsp3) is 0.167. The van der Waals surface area contributed by atoms with Gasteiger partial charge in [0, 0.05) is 10.6 Å². The van der Waals surface area contributed by atoms with Crippen LogP contribution in [0.3, 0.4) is 0 Å². The number of carbonyl (C=O) groups is 1. The van der Waals surface area contributed by atoms with Crippen molar-refractivity contribution in [3.63, 3.8) is 0 Å². The van der Waals surface area contributed by atoms with E-state index in [4.69, 9.17) is 25.6 Å². The number of ether oxygens (including phenoxy) is 2. The van der Waals surface area contributed by atoms with Crippen LogP contribution in [0.4, 0.5) is 0 Å². The molecule has 0 spiro atoms. The van der Waals surface area contributed by atoms with E-state index in [1.165, 1.54) is 6.92 Å². The highest BCUT2D eigenvalue weighted by atomic mass is 35.5. The topological polar surface area (TPSA) is 74.5 Å². The van der Waals surface area contributed by atoms with Gasteiger partial charge in [-0.15, -0.1) is 0 Å². The van der Waals surface area contributed by atoms with E-state index in [-0.39, 0.29) is 12.4 Å². The monoisotopic (exact) mass is 358 g/mol. The van der Waals surface area contributed by atoms with Gasteiger partial charge in [-0.3, -0.25) is 4.79 Å². The molecule has 7 heteroatoms. The van der Waals surface area contributed by atoms with Crippen LogP contribution in [0.1, 0.15) is 23.1 Å². The summed E-state index contributed by atoms with van der Waals surface area (Å²) >= 11 is 5.91. The first-order valence-corrected chi connectivity index (χ1v) is 7.85. The van der Waals surface area contributed by atoms with Crippen LogP contribution in [-0.4, -0.2) is 23.0 Å². The minimum absolute atomic E-state index is 0.0710. The van der Waals surface area contributed by atoms with Gasteiger partial charge < -0.3 is 14.0 Å². The summed E-state index contributed by atoms with van der Waals surface area (Å²) in [6.45, 7) is 1.52. The highest BCUT2D eigenvalue weighted by molar-refractivity contribution is 6.31. The van der Waals surface area contributed by atoms with Crippen molar-refractivity contribution in [3.05, 3.63) is 58.9 Å². The lowest BCUT2D eigenvalue weighted by molar-refractivity contribution is 0.101. The second kappa shape index (κ2) is 7.36. The van der Waals surface area contributed by atoms with E-state index in [1.807, 2.05) is 24.3 Å². The maximum absolute atomic E-state index is 11.7. The van der Waals surface area contributed by atoms with Crippen LogP contribution in [-0.2, 0) is 6.61 Å². The zero-order chi connectivity index (χ0) is 17.8. The highest BCUT2D eigenvalue weighted by Crippen LogP contribution is 2.25. The van der Waals surface area contributed by atoms with Gasteiger partial charge in [-0.2, -0.15) is 4.98 Å². The zero-order valence-corrected chi connectivity index (χ0v) is 14.4. The normalized spacial score (nSPS) is 10.5. The van der Waals surface area contributed by atoms with Crippen molar-refractivity contribution in [1.82, 2.24) is 10.1 Å². The number of benzene rings is 2. The second-order valence-electron chi connectivity index (χ2n) is 5.23. The average molecular weight is 359 g/mol. The Balaban J connectivity index is 1.73. The van der Waals surface area contributed by atoms with Crippen LogP contribution in [0.25, 0.3) is 11.5 Å². The molecule has 128 valence electrons. The molecule has 1 aromatic heterocycles. The van der Waals surface area contributed by atoms with E-state index < -0.39 is 0 Å². The number of halogens is 1. The number of methoxy groups -OCH3 is 1. The van der Waals surface area contributed by atoms with Crippen LogP contribution in [0.15, 0.2) is 47.0 Å². The lowest BCUT2D eigenvalue weighted by Gasteiger charge is -2.08. The molecule has 0 aliphatic rings. The summed E-state index contributed by atoms with van der Waals surface area (Å²) in [4.78, 5) is 16.0. The first-order chi connectivity index (χ1) is 12.1. The largest absolute Gasteiger partial charge is 0.497 e. The number of hydrogen-bond donors (Lipinski definition) is 0. The lowest BCUT2D eigenvalue weighted by atomic mass is 10.1. The van der Waals surface area contributed by atoms with Crippen LogP contribution in [0.5, 0.6) is 11.5 Å². The van der Waals surface area contributed by atoms with E-state index in [9.17, 15) is 4.79 Å². The molecule has 0 N–H and O–H groups in total. The predicted molar refractivity (Wildman–Crippen MR) is 92.1 cm³/mol. The summed E-state index contributed by atoms with van der Waals surface area (Å²) < 4.78 is 16.0. The molecule has 3 aromatic rings. The summed E-state index contributed by atoms with van der Waals surface area (Å²) in [6, 6.07) is 12.1. The standard InChI is InChI=1S/C18H15ClN2O4/c1-11(22)15-9-13(19)5-8-16(15)24-10-17-20-18(25-21-17)12-3-6-14(23-2)7-4-12/h3-9H,10H2,1-2H3. The van der Waals surface area contributed by atoms with Crippen molar-refractivity contribution < 1.29 is 18.8 Å². The Morgan fingerprint density at radius 2 is 1.96 bits per heavy atom. The zero-order valence-electron chi connectivity index (χ0n) is 13.7. The summed E-state index contributed by atoms with van der Waals surface area (Å²) in [5.41, 5.74) is 1.18. The highest BCUT2D eigenvalue weighted by Gasteiger charge is 2.13. The van der Waals surface area contributed by atoms with Crippen molar-refractivity contribution >= 4 is 17.4 Å². The van der Waals surface area contributed by atoms with Gasteiger partial charge in [-0.1, -0.05) is 16.8 Å². The molecule has 0 saturated carbocycles. The minimum atomic E-state index is -0.135. The summed E-state index contributed by atoms with van der Waals surface area (Å²) in [5, 5.41) is 4.36. The van der Waals surface area contributed by atoms with Crippen molar-refractivity contribution in [2.24, 2.45) is 0 Å². The predicted octanol–water partition coefficient (Wildman–Crippen LogP) is 4.18. The Labute approximate surface area is 149 Å². The SMILES string of the molecule is COc1ccc(-c2nc(COc3ccc(Cl)cc3C(C)=O)no2)cc1. The number of Topliss-reactive ketones (excluding diaryl/α,β-unsaturated/α-hetero) is 1. The van der Waals surface area contributed by atoms with Gasteiger partial charge in [0.2, 0.25) is 5.82 Å². The molecular formula is C18H15ClN2O4. The van der Waals surface area contributed by atoms with Crippen LogP contribution in [0.2, 0.25) is 5.02 Å². The van der Waals surface area contributed by atoms with Crippen LogP contribution < -0.4 is 9.47 Å². The number of aromatic nitrogens is 2. The third kappa shape index (κ3) is 3.97. The van der Waals surface area contributed by atoms with Gasteiger partial charge in [0.25, 0.3) is 5.89 Å². The molecule has 0 unspecified atom stereocenters. The van der Waals surface area contributed by atoms with Crippen molar-refractivity contribution in [2.45, 2.75) is 13.5 Å². The smallest absolute Gasteiger partial charge is 0.258 e. The summed E-state index contributed by atoms with van der Waals surface area (Å²) in [5.74, 6) is 1.78. The van der Waals surface area contributed by atoms with Gasteiger partial charge >= 0.3 is 0 Å². The third-order valence-corrected chi connectivity index (χ3v) is 3.72. The number of hydrogen-bond acceptors (Lipinski definition) is 6. The first kappa shape index (κ1) is 17.0. The van der Waals surface area contributed by atoms with Gasteiger partial charge in [-0.25, -0.2) is 0 Å². The van der Waals surface area contributed by atoms with Crippen molar-refractivity contribution in [2.75, 3.05) is 7.11 Å². The number of rotatable bonds is 6. The van der Waals surface area contributed by atoms with Gasteiger partial charge in [0.15, 0.2) is 12.4 Å². The summed E-state index contributed by atoms with van der Waals surface area (Å²) in [6.07, 6.45) is 0. The van der Waals surface area contributed by atoms with Crippen LogP contribution in [0, 0.1) is 0 Å². The van der Waals surface area contributed by atoms with E-state index >= 15 is 0 Å². The molecular weight excluding hydrogens is 344 g/mol. The van der Waals surface area contributed by atoms with E-state index in [0.29, 0.717) is 28.1 Å². The number of nitrogens with zero attached hydrogens (tertiary/aromatic N) is 2. The van der Waals surface area contributed by atoms with E-state index in [0.717, 1.165) is 11.3 Å². The molecule has 3 rings (SSSR count). The molecule has 0 aliphatic carbocycles. The van der Waals surface area contributed by atoms with Crippen molar-refractivity contribution in [1.29, 1.82) is 0 Å². The Bertz CT molecular complexity index is 890. The molecule has 0 atom stereocenters. The Hall–Kier alpha value is -2.86. The van der Waals surface area contributed by atoms with E-state index in [1.54, 1.807) is 25.3 Å². The Morgan fingerprint density at radius 1 is 1.20 bits per heavy atom. The maximum Gasteiger partial charge on any atom is 0.258 e. The first-order valence-electron chi connectivity index (χ1n) is 7.47. The summed E-state index contributed by atoms with van der Waals surface area (Å²) in [7, 11) is 1.60. The molecule has 0 radical (unpaired) electrons. The van der Waals surface area contributed by atoms with E-state index in [2.05, 4.69) is 10.1 Å². The molecule has 0 aliphatic heterocycles. The minimum Gasteiger partial charge on any atom is -0.497 e. The molecule has 2 aromatic carbocycles. The molecule has 25 heavy (non-hydrogen) atoms. The maximum atomic E-state index is 11.7. The third-order valence-electron chi connectivity index (χ3n) is 3.48. The molecule has 0 saturated heterocycles. The molecule has 0 amide bonds. The fourth-order valence-electron chi connectivity index (χ4n) is 2.21. The Morgan fingerprint density at radius 3 is 2.64 bits per heavy atom. The Kier molecular flexibility index (Phi) is 5.00. The van der Waals surface area contributed by atoms with Gasteiger partial charge in [-0.05, 0) is 49.4 Å². The van der Waals surface area contributed by atoms with Crippen LogP contribution >= 0.6 is 11.6 Å². The molecule has 6 nitrogen and oxygen atoms in total. The number of ketones is 1. The molecule has 0 bridgehead atoms. The lowest BCUT2D eigenvalue weighted by Crippen LogP contribution is -2.02. The van der Waals surface area contributed by atoms with Crippen molar-refractivity contribution in [3.8, 4) is 23.0 Å². The van der Waals surface area contributed by atoms with Gasteiger partial charge in [0.1, 0.15) is 11.5 Å².